The summed E-state index contributed by atoms with van der Waals surface area (Å²) in [6.45, 7) is 3.23. The van der Waals surface area contributed by atoms with Gasteiger partial charge in [0.1, 0.15) is 6.61 Å². The predicted molar refractivity (Wildman–Crippen MR) is 38.6 cm³/mol. The van der Waals surface area contributed by atoms with Gasteiger partial charge in [0.15, 0.2) is 0 Å². The van der Waals surface area contributed by atoms with Crippen molar-refractivity contribution in [2.24, 2.45) is 4.99 Å². The van der Waals surface area contributed by atoms with Crippen molar-refractivity contribution in [2.45, 2.75) is 6.92 Å². The van der Waals surface area contributed by atoms with Crippen molar-refractivity contribution in [3.8, 4) is 0 Å². The highest BCUT2D eigenvalue weighted by atomic mass is 16.5. The Bertz CT molecular complexity index is 290. The van der Waals surface area contributed by atoms with Gasteiger partial charge in [0.25, 0.3) is 5.90 Å². The molecular weight excluding hydrogens is 144 g/mol. The van der Waals surface area contributed by atoms with Crippen molar-refractivity contribution in [1.29, 1.82) is 0 Å². The van der Waals surface area contributed by atoms with Crippen molar-refractivity contribution in [3.63, 3.8) is 0 Å². The first-order chi connectivity index (χ1) is 5.36. The van der Waals surface area contributed by atoms with Gasteiger partial charge in [-0.1, -0.05) is 5.16 Å². The summed E-state index contributed by atoms with van der Waals surface area (Å²) in [4.78, 5) is 4.08. The molecule has 0 saturated carbocycles. The minimum absolute atomic E-state index is 0.575. The summed E-state index contributed by atoms with van der Waals surface area (Å²) in [6.07, 6.45) is 0. The summed E-state index contributed by atoms with van der Waals surface area (Å²) in [5, 5.41) is 3.73. The minimum atomic E-state index is 0.575. The Balaban J connectivity index is 2.28. The smallest absolute Gasteiger partial charge is 0.256 e. The predicted octanol–water partition coefficient (Wildman–Crippen LogP) is 0.760. The summed E-state index contributed by atoms with van der Waals surface area (Å²) in [7, 11) is 0. The van der Waals surface area contributed by atoms with Crippen molar-refractivity contribution >= 4 is 5.90 Å². The molecule has 1 aromatic heterocycles. The van der Waals surface area contributed by atoms with Crippen LogP contribution in [-0.4, -0.2) is 24.2 Å². The van der Waals surface area contributed by atoms with Crippen LogP contribution >= 0.6 is 0 Å². The molecule has 0 spiro atoms. The van der Waals surface area contributed by atoms with E-state index in [4.69, 9.17) is 9.26 Å². The number of aromatic nitrogens is 1. The van der Waals surface area contributed by atoms with Gasteiger partial charge in [-0.25, -0.2) is 4.99 Å². The zero-order valence-electron chi connectivity index (χ0n) is 6.20. The summed E-state index contributed by atoms with van der Waals surface area (Å²) >= 11 is 0. The van der Waals surface area contributed by atoms with Crippen LogP contribution < -0.4 is 0 Å². The van der Waals surface area contributed by atoms with Crippen LogP contribution in [0, 0.1) is 6.92 Å². The molecule has 0 N–H and O–H groups in total. The van der Waals surface area contributed by atoms with E-state index in [1.54, 1.807) is 0 Å². The van der Waals surface area contributed by atoms with Crippen molar-refractivity contribution < 1.29 is 9.26 Å². The molecule has 0 bridgehead atoms. The molecular formula is C7H8N2O2. The van der Waals surface area contributed by atoms with E-state index in [0.29, 0.717) is 18.3 Å². The van der Waals surface area contributed by atoms with Crippen LogP contribution in [0.5, 0.6) is 0 Å². The van der Waals surface area contributed by atoms with E-state index < -0.39 is 0 Å². The summed E-state index contributed by atoms with van der Waals surface area (Å²) in [6, 6.07) is 1.81. The Kier molecular flexibility index (Phi) is 1.38. The maximum Gasteiger partial charge on any atom is 0.256 e. The van der Waals surface area contributed by atoms with Crippen LogP contribution in [0.15, 0.2) is 15.6 Å². The van der Waals surface area contributed by atoms with Gasteiger partial charge in [0.2, 0.25) is 5.76 Å². The molecule has 1 aliphatic heterocycles. The first-order valence-electron chi connectivity index (χ1n) is 3.47. The fraction of sp³-hybridized carbons (Fsp3) is 0.429. The molecule has 0 saturated heterocycles. The largest absolute Gasteiger partial charge is 0.473 e. The van der Waals surface area contributed by atoms with E-state index in [0.717, 1.165) is 12.2 Å². The zero-order valence-corrected chi connectivity index (χ0v) is 6.20. The molecule has 0 aliphatic carbocycles. The molecule has 0 fully saturated rings. The third kappa shape index (κ3) is 1.11. The van der Waals surface area contributed by atoms with E-state index in [9.17, 15) is 0 Å². The first kappa shape index (κ1) is 6.39. The Morgan fingerprint density at radius 3 is 3.00 bits per heavy atom. The number of nitrogens with zero attached hydrogens (tertiary/aromatic N) is 2. The zero-order chi connectivity index (χ0) is 7.68. The van der Waals surface area contributed by atoms with Crippen LogP contribution in [0.2, 0.25) is 0 Å². The Hall–Kier alpha value is -1.32. The van der Waals surface area contributed by atoms with E-state index in [1.165, 1.54) is 0 Å². The SMILES string of the molecule is Cc1cc(C2=NCCO2)on1. The highest BCUT2D eigenvalue weighted by Crippen LogP contribution is 2.08. The summed E-state index contributed by atoms with van der Waals surface area (Å²) < 4.78 is 10.1. The molecule has 1 aromatic rings. The van der Waals surface area contributed by atoms with E-state index >= 15 is 0 Å². The molecule has 0 radical (unpaired) electrons. The maximum atomic E-state index is 5.17. The molecule has 4 heteroatoms. The van der Waals surface area contributed by atoms with Gasteiger partial charge >= 0.3 is 0 Å². The molecule has 1 aliphatic rings. The lowest BCUT2D eigenvalue weighted by Crippen LogP contribution is -1.98. The van der Waals surface area contributed by atoms with E-state index in [2.05, 4.69) is 10.1 Å². The minimum Gasteiger partial charge on any atom is -0.473 e. The second kappa shape index (κ2) is 2.38. The third-order valence-corrected chi connectivity index (χ3v) is 1.42. The quantitative estimate of drug-likeness (QED) is 0.596. The van der Waals surface area contributed by atoms with Gasteiger partial charge in [0.05, 0.1) is 12.2 Å². The number of aryl methyl sites for hydroxylation is 1. The summed E-state index contributed by atoms with van der Waals surface area (Å²) in [5.41, 5.74) is 0.846. The van der Waals surface area contributed by atoms with Crippen LogP contribution in [0.1, 0.15) is 11.5 Å². The number of hydrogen-bond donors (Lipinski definition) is 0. The molecule has 0 atom stereocenters. The van der Waals surface area contributed by atoms with Crippen LogP contribution in [0.3, 0.4) is 0 Å². The number of aliphatic imine (C=N–C) groups is 1. The van der Waals surface area contributed by atoms with Crippen LogP contribution in [0.4, 0.5) is 0 Å². The highest BCUT2D eigenvalue weighted by molar-refractivity contribution is 5.92. The lowest BCUT2D eigenvalue weighted by molar-refractivity contribution is 0.326. The fourth-order valence-corrected chi connectivity index (χ4v) is 0.949. The average Bonchev–Trinajstić information content (AvgIpc) is 2.55. The van der Waals surface area contributed by atoms with Crippen molar-refractivity contribution in [2.75, 3.05) is 13.2 Å². The van der Waals surface area contributed by atoms with E-state index in [-0.39, 0.29) is 0 Å². The molecule has 0 aromatic carbocycles. The lowest BCUT2D eigenvalue weighted by atomic mass is 10.4. The maximum absolute atomic E-state index is 5.17. The van der Waals surface area contributed by atoms with Gasteiger partial charge in [0, 0.05) is 6.07 Å². The molecule has 4 nitrogen and oxygen atoms in total. The topological polar surface area (TPSA) is 47.6 Å². The highest BCUT2D eigenvalue weighted by Gasteiger charge is 2.14. The Morgan fingerprint density at radius 1 is 1.55 bits per heavy atom. The van der Waals surface area contributed by atoms with Crippen LogP contribution in [0.25, 0.3) is 0 Å². The second-order valence-electron chi connectivity index (χ2n) is 2.37. The van der Waals surface area contributed by atoms with Gasteiger partial charge in [-0.3, -0.25) is 0 Å². The Labute approximate surface area is 63.9 Å². The number of rotatable bonds is 1. The van der Waals surface area contributed by atoms with Crippen LogP contribution in [-0.2, 0) is 4.74 Å². The molecule has 11 heavy (non-hydrogen) atoms. The molecule has 2 heterocycles. The summed E-state index contributed by atoms with van der Waals surface area (Å²) in [5.74, 6) is 1.20. The molecule has 0 unspecified atom stereocenters. The molecule has 0 amide bonds. The fourth-order valence-electron chi connectivity index (χ4n) is 0.949. The van der Waals surface area contributed by atoms with Gasteiger partial charge in [-0.05, 0) is 6.92 Å². The number of hydrogen-bond acceptors (Lipinski definition) is 4. The van der Waals surface area contributed by atoms with Gasteiger partial charge < -0.3 is 9.26 Å². The lowest BCUT2D eigenvalue weighted by Gasteiger charge is -1.92. The second-order valence-corrected chi connectivity index (χ2v) is 2.37. The van der Waals surface area contributed by atoms with E-state index in [1.807, 2.05) is 13.0 Å². The monoisotopic (exact) mass is 152 g/mol. The van der Waals surface area contributed by atoms with Crippen molar-refractivity contribution in [1.82, 2.24) is 5.16 Å². The van der Waals surface area contributed by atoms with Gasteiger partial charge in [-0.2, -0.15) is 0 Å². The molecule has 2 rings (SSSR count). The average molecular weight is 152 g/mol. The van der Waals surface area contributed by atoms with Gasteiger partial charge in [-0.15, -0.1) is 0 Å². The normalized spacial score (nSPS) is 16.3. The van der Waals surface area contributed by atoms with Crippen molar-refractivity contribution in [3.05, 3.63) is 17.5 Å². The first-order valence-corrected chi connectivity index (χ1v) is 3.47. The number of ether oxygens (including phenoxy) is 1. The standard InChI is InChI=1S/C7H8N2O2/c1-5-4-6(11-9-5)7-8-2-3-10-7/h4H,2-3H2,1H3. The molecule has 58 valence electrons. The Morgan fingerprint density at radius 2 is 2.45 bits per heavy atom. The third-order valence-electron chi connectivity index (χ3n) is 1.42.